The van der Waals surface area contributed by atoms with E-state index in [9.17, 15) is 8.42 Å². The molecule has 1 aromatic carbocycles. The van der Waals surface area contributed by atoms with E-state index < -0.39 is 10.0 Å². The first-order valence-corrected chi connectivity index (χ1v) is 9.20. The molecule has 0 bridgehead atoms. The summed E-state index contributed by atoms with van der Waals surface area (Å²) in [6.07, 6.45) is 1.48. The second kappa shape index (κ2) is 7.61. The van der Waals surface area contributed by atoms with Gasteiger partial charge >= 0.3 is 0 Å². The number of aryl methyl sites for hydroxylation is 1. The van der Waals surface area contributed by atoms with E-state index in [0.717, 1.165) is 27.5 Å². The van der Waals surface area contributed by atoms with Crippen LogP contribution in [-0.2, 0) is 10.0 Å². The predicted octanol–water partition coefficient (Wildman–Crippen LogP) is 3.26. The highest BCUT2D eigenvalue weighted by Gasteiger charge is 2.14. The van der Waals surface area contributed by atoms with E-state index in [2.05, 4.69) is 41.9 Å². The molecule has 0 atom stereocenters. The first-order chi connectivity index (χ1) is 8.85. The van der Waals surface area contributed by atoms with E-state index in [1.807, 2.05) is 26.1 Å². The van der Waals surface area contributed by atoms with Crippen molar-refractivity contribution in [2.75, 3.05) is 24.1 Å². The Kier molecular flexibility index (Phi) is 6.79. The summed E-state index contributed by atoms with van der Waals surface area (Å²) in [5.74, 6) is 0.126. The van der Waals surface area contributed by atoms with Gasteiger partial charge in [0, 0.05) is 8.95 Å². The SMILES string of the molecule is CNCCCCS(=O)(=O)Nc1c(Br)cc(C)cc1Br. The standard InChI is InChI=1S/C12H18Br2N2O2S/c1-9-7-10(13)12(11(14)8-9)16-19(17,18)6-4-3-5-15-2/h7-8,15-16H,3-6H2,1-2H3. The molecule has 2 N–H and O–H groups in total. The fourth-order valence-corrected chi connectivity index (χ4v) is 4.69. The van der Waals surface area contributed by atoms with Gasteiger partial charge in [0.05, 0.1) is 11.4 Å². The quantitative estimate of drug-likeness (QED) is 0.674. The van der Waals surface area contributed by atoms with Crippen LogP contribution in [0.25, 0.3) is 0 Å². The molecule has 4 nitrogen and oxygen atoms in total. The van der Waals surface area contributed by atoms with Gasteiger partial charge < -0.3 is 5.32 Å². The molecule has 0 radical (unpaired) electrons. The number of unbranched alkanes of at least 4 members (excludes halogenated alkanes) is 1. The Bertz CT molecular complexity index is 510. The Labute approximate surface area is 131 Å². The van der Waals surface area contributed by atoms with Crippen LogP contribution >= 0.6 is 31.9 Å². The summed E-state index contributed by atoms with van der Waals surface area (Å²) in [5, 5.41) is 3.00. The van der Waals surface area contributed by atoms with Gasteiger partial charge in [0.1, 0.15) is 0 Å². The average molecular weight is 414 g/mol. The summed E-state index contributed by atoms with van der Waals surface area (Å²) in [5.41, 5.74) is 1.61. The van der Waals surface area contributed by atoms with Gasteiger partial charge in [-0.2, -0.15) is 0 Å². The smallest absolute Gasteiger partial charge is 0.232 e. The summed E-state index contributed by atoms with van der Waals surface area (Å²) >= 11 is 6.75. The van der Waals surface area contributed by atoms with Gasteiger partial charge in [-0.3, -0.25) is 4.72 Å². The number of anilines is 1. The molecule has 7 heteroatoms. The third kappa shape index (κ3) is 5.81. The van der Waals surface area contributed by atoms with Crippen molar-refractivity contribution in [1.82, 2.24) is 5.32 Å². The number of hydrogen-bond donors (Lipinski definition) is 2. The molecule has 0 heterocycles. The van der Waals surface area contributed by atoms with Crippen LogP contribution < -0.4 is 10.0 Å². The minimum absolute atomic E-state index is 0.126. The fourth-order valence-electron chi connectivity index (χ4n) is 1.60. The molecule has 0 saturated heterocycles. The molecular formula is C12H18Br2N2O2S. The van der Waals surface area contributed by atoms with Gasteiger partial charge in [-0.15, -0.1) is 0 Å². The summed E-state index contributed by atoms with van der Waals surface area (Å²) in [4.78, 5) is 0. The molecule has 0 saturated carbocycles. The van der Waals surface area contributed by atoms with Crippen LogP contribution in [0.3, 0.4) is 0 Å². The molecule has 0 aliphatic rings. The first kappa shape index (κ1) is 16.9. The Balaban J connectivity index is 2.73. The van der Waals surface area contributed by atoms with Crippen LogP contribution in [0.1, 0.15) is 18.4 Å². The minimum atomic E-state index is -3.31. The lowest BCUT2D eigenvalue weighted by atomic mass is 10.2. The van der Waals surface area contributed by atoms with E-state index in [1.165, 1.54) is 0 Å². The van der Waals surface area contributed by atoms with Gasteiger partial charge in [-0.25, -0.2) is 8.42 Å². The first-order valence-electron chi connectivity index (χ1n) is 5.96. The van der Waals surface area contributed by atoms with Crippen LogP contribution in [0.4, 0.5) is 5.69 Å². The van der Waals surface area contributed by atoms with E-state index >= 15 is 0 Å². The number of halogens is 2. The topological polar surface area (TPSA) is 58.2 Å². The summed E-state index contributed by atoms with van der Waals surface area (Å²) in [7, 11) is -1.46. The lowest BCUT2D eigenvalue weighted by molar-refractivity contribution is 0.595. The van der Waals surface area contributed by atoms with Crippen LogP contribution in [-0.4, -0.2) is 27.8 Å². The molecule has 0 aliphatic heterocycles. The Hall–Kier alpha value is -0.110. The fraction of sp³-hybridized carbons (Fsp3) is 0.500. The zero-order valence-electron chi connectivity index (χ0n) is 11.0. The zero-order valence-corrected chi connectivity index (χ0v) is 15.0. The van der Waals surface area contributed by atoms with E-state index in [-0.39, 0.29) is 5.75 Å². The highest BCUT2D eigenvalue weighted by atomic mass is 79.9. The van der Waals surface area contributed by atoms with Crippen LogP contribution in [0.2, 0.25) is 0 Å². The second-order valence-corrected chi connectivity index (χ2v) is 7.89. The molecule has 108 valence electrons. The second-order valence-electron chi connectivity index (χ2n) is 4.34. The molecule has 0 aliphatic carbocycles. The normalized spacial score (nSPS) is 11.6. The average Bonchev–Trinajstić information content (AvgIpc) is 2.29. The van der Waals surface area contributed by atoms with E-state index in [1.54, 1.807) is 0 Å². The molecule has 0 amide bonds. The van der Waals surface area contributed by atoms with Gasteiger partial charge in [-0.1, -0.05) is 0 Å². The summed E-state index contributed by atoms with van der Waals surface area (Å²) in [6, 6.07) is 3.76. The largest absolute Gasteiger partial charge is 0.320 e. The van der Waals surface area contributed by atoms with Gasteiger partial charge in [0.15, 0.2) is 0 Å². The third-order valence-corrected chi connectivity index (χ3v) is 5.13. The number of benzene rings is 1. The van der Waals surface area contributed by atoms with Crippen LogP contribution in [0, 0.1) is 6.92 Å². The highest BCUT2D eigenvalue weighted by molar-refractivity contribution is 9.11. The molecular weight excluding hydrogens is 396 g/mol. The Morgan fingerprint density at radius 2 is 1.74 bits per heavy atom. The molecule has 0 fully saturated rings. The molecule has 0 spiro atoms. The third-order valence-electron chi connectivity index (χ3n) is 2.53. The zero-order chi connectivity index (χ0) is 14.5. The number of sulfonamides is 1. The minimum Gasteiger partial charge on any atom is -0.320 e. The van der Waals surface area contributed by atoms with Crippen LogP contribution in [0.5, 0.6) is 0 Å². The number of rotatable bonds is 7. The van der Waals surface area contributed by atoms with Crippen molar-refractivity contribution in [3.63, 3.8) is 0 Å². The lowest BCUT2D eigenvalue weighted by Crippen LogP contribution is -2.18. The summed E-state index contributed by atoms with van der Waals surface area (Å²) < 4.78 is 28.0. The lowest BCUT2D eigenvalue weighted by Gasteiger charge is -2.12. The molecule has 1 rings (SSSR count). The van der Waals surface area contributed by atoms with Gasteiger partial charge in [-0.05, 0) is 82.9 Å². The van der Waals surface area contributed by atoms with Crippen molar-refractivity contribution in [3.05, 3.63) is 26.6 Å². The monoisotopic (exact) mass is 412 g/mol. The Morgan fingerprint density at radius 1 is 1.16 bits per heavy atom. The predicted molar refractivity (Wildman–Crippen MR) is 87.1 cm³/mol. The highest BCUT2D eigenvalue weighted by Crippen LogP contribution is 2.33. The van der Waals surface area contributed by atoms with Crippen molar-refractivity contribution in [1.29, 1.82) is 0 Å². The molecule has 0 unspecified atom stereocenters. The van der Waals surface area contributed by atoms with E-state index in [4.69, 9.17) is 0 Å². The molecule has 19 heavy (non-hydrogen) atoms. The van der Waals surface area contributed by atoms with Crippen LogP contribution in [0.15, 0.2) is 21.1 Å². The van der Waals surface area contributed by atoms with Crippen molar-refractivity contribution in [2.45, 2.75) is 19.8 Å². The maximum absolute atomic E-state index is 12.0. The van der Waals surface area contributed by atoms with Crippen molar-refractivity contribution in [3.8, 4) is 0 Å². The van der Waals surface area contributed by atoms with Crippen molar-refractivity contribution in [2.24, 2.45) is 0 Å². The molecule has 0 aromatic heterocycles. The van der Waals surface area contributed by atoms with Crippen molar-refractivity contribution >= 4 is 47.6 Å². The Morgan fingerprint density at radius 3 is 2.26 bits per heavy atom. The maximum Gasteiger partial charge on any atom is 0.232 e. The van der Waals surface area contributed by atoms with E-state index in [0.29, 0.717) is 12.1 Å². The van der Waals surface area contributed by atoms with Crippen molar-refractivity contribution < 1.29 is 8.42 Å². The van der Waals surface area contributed by atoms with Gasteiger partial charge in [0.25, 0.3) is 0 Å². The van der Waals surface area contributed by atoms with Gasteiger partial charge in [0.2, 0.25) is 10.0 Å². The molecule has 1 aromatic rings. The maximum atomic E-state index is 12.0. The number of nitrogens with one attached hydrogen (secondary N) is 2. The summed E-state index contributed by atoms with van der Waals surface area (Å²) in [6.45, 7) is 2.78. The number of hydrogen-bond acceptors (Lipinski definition) is 3.